The van der Waals surface area contributed by atoms with E-state index in [2.05, 4.69) is 64.8 Å². The lowest BCUT2D eigenvalue weighted by Gasteiger charge is -2.06. The van der Waals surface area contributed by atoms with Gasteiger partial charge >= 0.3 is 0 Å². The molecule has 0 aliphatic rings. The van der Waals surface area contributed by atoms with Crippen molar-refractivity contribution in [3.8, 4) is 11.3 Å². The van der Waals surface area contributed by atoms with Gasteiger partial charge in [-0.1, -0.05) is 107 Å². The van der Waals surface area contributed by atoms with Gasteiger partial charge in [0, 0.05) is 5.56 Å². The van der Waals surface area contributed by atoms with Crippen LogP contribution >= 0.6 is 0 Å². The van der Waals surface area contributed by atoms with E-state index < -0.39 is 0 Å². The fourth-order valence-electron chi connectivity index (χ4n) is 3.85. The lowest BCUT2D eigenvalue weighted by molar-refractivity contribution is 0.555. The van der Waals surface area contributed by atoms with Crippen molar-refractivity contribution in [2.24, 2.45) is 0 Å². The predicted molar refractivity (Wildman–Crippen MR) is 115 cm³/mol. The SMILES string of the molecule is CCCCCCCCCCCCc1n[nH]nc1-c1cccc2ccccc12. The molecule has 1 N–H and O–H groups in total. The van der Waals surface area contributed by atoms with Crippen LogP contribution < -0.4 is 0 Å². The van der Waals surface area contributed by atoms with Gasteiger partial charge in [0.05, 0.1) is 5.69 Å². The maximum Gasteiger partial charge on any atom is 0.116 e. The van der Waals surface area contributed by atoms with Gasteiger partial charge in [0.2, 0.25) is 0 Å². The molecule has 0 spiro atoms. The van der Waals surface area contributed by atoms with Crippen molar-refractivity contribution >= 4 is 10.8 Å². The van der Waals surface area contributed by atoms with Gasteiger partial charge in [0.25, 0.3) is 0 Å². The molecule has 3 rings (SSSR count). The fourth-order valence-corrected chi connectivity index (χ4v) is 3.85. The Morgan fingerprint density at radius 1 is 0.704 bits per heavy atom. The van der Waals surface area contributed by atoms with Crippen LogP contribution in [0.4, 0.5) is 0 Å². The number of H-pyrrole nitrogens is 1. The van der Waals surface area contributed by atoms with E-state index in [-0.39, 0.29) is 0 Å². The molecule has 0 radical (unpaired) electrons. The summed E-state index contributed by atoms with van der Waals surface area (Å²) in [5.41, 5.74) is 3.30. The summed E-state index contributed by atoms with van der Waals surface area (Å²) in [6.45, 7) is 2.28. The van der Waals surface area contributed by atoms with Crippen molar-refractivity contribution in [3.05, 3.63) is 48.2 Å². The Kier molecular flexibility index (Phi) is 7.88. The van der Waals surface area contributed by atoms with Crippen molar-refractivity contribution in [2.45, 2.75) is 77.6 Å². The minimum Gasteiger partial charge on any atom is -0.197 e. The van der Waals surface area contributed by atoms with Gasteiger partial charge in [-0.3, -0.25) is 0 Å². The average Bonchev–Trinajstić information content (AvgIpc) is 3.17. The Bertz CT molecular complexity index is 801. The Hall–Kier alpha value is -2.16. The number of hydrogen-bond donors (Lipinski definition) is 1. The number of benzene rings is 2. The standard InChI is InChI=1S/C24H33N3/c1-2-3-4-5-6-7-8-9-10-11-19-23-24(26-27-25-23)22-18-14-16-20-15-12-13-17-21(20)22/h12-18H,2-11,19H2,1H3,(H,25,26,27). The second-order valence-electron chi connectivity index (χ2n) is 7.58. The molecule has 1 heterocycles. The minimum absolute atomic E-state index is 1.01. The van der Waals surface area contributed by atoms with E-state index in [1.165, 1.54) is 80.5 Å². The lowest BCUT2D eigenvalue weighted by Crippen LogP contribution is -1.91. The number of nitrogens with one attached hydrogen (secondary N) is 1. The molecule has 27 heavy (non-hydrogen) atoms. The van der Waals surface area contributed by atoms with Crippen LogP contribution in [-0.2, 0) is 6.42 Å². The molecule has 2 aromatic carbocycles. The highest BCUT2D eigenvalue weighted by Gasteiger charge is 2.12. The monoisotopic (exact) mass is 363 g/mol. The highest BCUT2D eigenvalue weighted by Crippen LogP contribution is 2.29. The first-order valence-electron chi connectivity index (χ1n) is 10.8. The van der Waals surface area contributed by atoms with Crippen molar-refractivity contribution < 1.29 is 0 Å². The van der Waals surface area contributed by atoms with E-state index in [4.69, 9.17) is 0 Å². The Morgan fingerprint density at radius 3 is 2.15 bits per heavy atom. The number of unbranched alkanes of at least 4 members (excludes halogenated alkanes) is 9. The second-order valence-corrected chi connectivity index (χ2v) is 7.58. The molecule has 1 aromatic heterocycles. The maximum atomic E-state index is 4.46. The van der Waals surface area contributed by atoms with E-state index in [1.807, 2.05) is 0 Å². The number of nitrogens with zero attached hydrogens (tertiary/aromatic N) is 2. The molecule has 0 aliphatic heterocycles. The van der Waals surface area contributed by atoms with Crippen molar-refractivity contribution in [1.29, 1.82) is 0 Å². The Balaban J connectivity index is 1.46. The van der Waals surface area contributed by atoms with Crippen molar-refractivity contribution in [2.75, 3.05) is 0 Å². The molecule has 0 bridgehead atoms. The first-order chi connectivity index (χ1) is 13.4. The number of fused-ring (bicyclic) bond motifs is 1. The molecule has 0 saturated heterocycles. The zero-order valence-electron chi connectivity index (χ0n) is 16.7. The molecule has 0 aliphatic carbocycles. The van der Waals surface area contributed by atoms with Crippen LogP contribution in [0, 0.1) is 0 Å². The summed E-state index contributed by atoms with van der Waals surface area (Å²) in [5, 5.41) is 14.3. The average molecular weight is 364 g/mol. The molecule has 0 saturated carbocycles. The molecule has 3 aromatic rings. The minimum atomic E-state index is 1.01. The summed E-state index contributed by atoms with van der Waals surface area (Å²) < 4.78 is 0. The van der Waals surface area contributed by atoms with Gasteiger partial charge in [-0.25, -0.2) is 0 Å². The molecule has 0 atom stereocenters. The van der Waals surface area contributed by atoms with Gasteiger partial charge in [0.1, 0.15) is 5.69 Å². The number of aryl methyl sites for hydroxylation is 1. The quantitative estimate of drug-likeness (QED) is 0.349. The van der Waals surface area contributed by atoms with E-state index in [0.29, 0.717) is 0 Å². The summed E-state index contributed by atoms with van der Waals surface area (Å²) >= 11 is 0. The second kappa shape index (κ2) is 10.9. The third-order valence-electron chi connectivity index (χ3n) is 5.43. The van der Waals surface area contributed by atoms with Crippen LogP contribution in [0.25, 0.3) is 22.0 Å². The molecule has 0 unspecified atom stereocenters. The molecule has 3 heteroatoms. The number of rotatable bonds is 12. The first-order valence-corrected chi connectivity index (χ1v) is 10.8. The highest BCUT2D eigenvalue weighted by atomic mass is 15.3. The molecular weight excluding hydrogens is 330 g/mol. The number of aromatic nitrogens is 3. The third kappa shape index (κ3) is 5.66. The van der Waals surface area contributed by atoms with Gasteiger partial charge in [0.15, 0.2) is 0 Å². The molecule has 0 amide bonds. The third-order valence-corrected chi connectivity index (χ3v) is 5.43. The van der Waals surface area contributed by atoms with Crippen LogP contribution in [0.2, 0.25) is 0 Å². The van der Waals surface area contributed by atoms with Gasteiger partial charge in [-0.05, 0) is 23.6 Å². The van der Waals surface area contributed by atoms with Gasteiger partial charge in [-0.15, -0.1) is 0 Å². The van der Waals surface area contributed by atoms with Crippen LogP contribution in [-0.4, -0.2) is 15.4 Å². The molecular formula is C24H33N3. The van der Waals surface area contributed by atoms with Crippen LogP contribution in [0.15, 0.2) is 42.5 Å². The number of aromatic amines is 1. The summed E-state index contributed by atoms with van der Waals surface area (Å²) in [7, 11) is 0. The van der Waals surface area contributed by atoms with Crippen LogP contribution in [0.5, 0.6) is 0 Å². The Morgan fingerprint density at radius 2 is 1.37 bits per heavy atom. The largest absolute Gasteiger partial charge is 0.197 e. The van der Waals surface area contributed by atoms with Gasteiger partial charge in [-0.2, -0.15) is 15.4 Å². The van der Waals surface area contributed by atoms with Crippen molar-refractivity contribution in [3.63, 3.8) is 0 Å². The van der Waals surface area contributed by atoms with Crippen LogP contribution in [0.1, 0.15) is 76.8 Å². The van der Waals surface area contributed by atoms with E-state index in [0.717, 1.165) is 17.8 Å². The number of hydrogen-bond acceptors (Lipinski definition) is 2. The summed E-state index contributed by atoms with van der Waals surface area (Å²) in [4.78, 5) is 0. The summed E-state index contributed by atoms with van der Waals surface area (Å²) in [6, 6.07) is 14.9. The van der Waals surface area contributed by atoms with E-state index in [9.17, 15) is 0 Å². The Labute approximate surface area is 163 Å². The predicted octanol–water partition coefficient (Wildman–Crippen LogP) is 7.09. The van der Waals surface area contributed by atoms with Crippen LogP contribution in [0.3, 0.4) is 0 Å². The lowest BCUT2D eigenvalue weighted by atomic mass is 9.99. The fraction of sp³-hybridized carbons (Fsp3) is 0.500. The zero-order chi connectivity index (χ0) is 18.7. The smallest absolute Gasteiger partial charge is 0.116 e. The molecule has 144 valence electrons. The summed E-state index contributed by atoms with van der Waals surface area (Å²) in [6.07, 6.45) is 14.6. The highest BCUT2D eigenvalue weighted by molar-refractivity contribution is 5.96. The normalized spacial score (nSPS) is 11.3. The maximum absolute atomic E-state index is 4.46. The van der Waals surface area contributed by atoms with E-state index in [1.54, 1.807) is 0 Å². The zero-order valence-corrected chi connectivity index (χ0v) is 16.7. The van der Waals surface area contributed by atoms with E-state index >= 15 is 0 Å². The molecule has 0 fully saturated rings. The topological polar surface area (TPSA) is 41.6 Å². The molecule has 3 nitrogen and oxygen atoms in total. The summed E-state index contributed by atoms with van der Waals surface area (Å²) in [5.74, 6) is 0. The first kappa shape index (κ1) is 19.6. The van der Waals surface area contributed by atoms with Crippen molar-refractivity contribution in [1.82, 2.24) is 15.4 Å². The van der Waals surface area contributed by atoms with Gasteiger partial charge < -0.3 is 0 Å².